The van der Waals surface area contributed by atoms with Crippen LogP contribution in [0.1, 0.15) is 83.6 Å². The van der Waals surface area contributed by atoms with Crippen molar-refractivity contribution in [1.82, 2.24) is 35.7 Å². The number of allylic oxidation sites excluding steroid dienone is 1. The Morgan fingerprint density at radius 2 is 1.78 bits per heavy atom. The maximum Gasteiger partial charge on any atom is 0.408 e. The van der Waals surface area contributed by atoms with Gasteiger partial charge in [0, 0.05) is 31.4 Å². The van der Waals surface area contributed by atoms with Gasteiger partial charge in [-0.2, -0.15) is 4.80 Å². The fourth-order valence-corrected chi connectivity index (χ4v) is 6.99. The van der Waals surface area contributed by atoms with Crippen LogP contribution in [0.15, 0.2) is 42.5 Å². The molecular weight excluding hydrogens is 590 g/mol. The van der Waals surface area contributed by atoms with Crippen molar-refractivity contribution in [3.63, 3.8) is 0 Å². The number of tetrazole rings is 1. The lowest BCUT2D eigenvalue weighted by Crippen LogP contribution is -2.57. The Kier molecular flexibility index (Phi) is 9.27. The Morgan fingerprint density at radius 1 is 1.02 bits per heavy atom. The molecule has 4 aliphatic rings. The van der Waals surface area contributed by atoms with Crippen molar-refractivity contribution in [3.8, 4) is 11.4 Å². The second-order valence-electron chi connectivity index (χ2n) is 12.9. The molecule has 3 fully saturated rings. The number of carbonyl (C=O) groups is 5. The highest BCUT2D eigenvalue weighted by atomic mass is 16.6. The van der Waals surface area contributed by atoms with Gasteiger partial charge in [0.1, 0.15) is 23.7 Å². The summed E-state index contributed by atoms with van der Waals surface area (Å²) in [7, 11) is 0. The lowest BCUT2D eigenvalue weighted by molar-refractivity contribution is -0.142. The van der Waals surface area contributed by atoms with Crippen molar-refractivity contribution in [2.75, 3.05) is 6.54 Å². The van der Waals surface area contributed by atoms with E-state index in [-0.39, 0.29) is 25.0 Å². The van der Waals surface area contributed by atoms with E-state index in [2.05, 4.69) is 26.0 Å². The molecule has 1 aromatic carbocycles. The first-order valence-electron chi connectivity index (χ1n) is 16.4. The molecule has 5 atom stereocenters. The van der Waals surface area contributed by atoms with Crippen LogP contribution in [0.25, 0.3) is 11.4 Å². The van der Waals surface area contributed by atoms with Gasteiger partial charge in [-0.1, -0.05) is 55.3 Å². The number of hydrogen-bond donors (Lipinski definition) is 2. The maximum atomic E-state index is 14.3. The number of ether oxygens (including phenoxy) is 1. The number of rotatable bonds is 6. The van der Waals surface area contributed by atoms with Crippen molar-refractivity contribution in [3.05, 3.63) is 42.5 Å². The van der Waals surface area contributed by atoms with E-state index in [4.69, 9.17) is 4.74 Å². The predicted molar refractivity (Wildman–Crippen MR) is 165 cm³/mol. The standard InChI is InChI=1S/C33H41N7O6/c1-21(41)28(42)33-19-23(33)14-8-3-2-4-9-17-26(34-32(45)46-25-15-10-11-16-25)31(44)39-20-24(18-27(39)30(43)35-33)40-37-29(36-38-40)22-12-6-5-7-13-22/h5-8,12-14,23-27H,2-4,9-11,15-20H2,1H3,(H,34,45)(H,35,43)/b14-8-/t23-,24+,26-,27-,33+/m0/s1. The molecule has 2 N–H and O–H groups in total. The fourth-order valence-electron chi connectivity index (χ4n) is 6.99. The van der Waals surface area contributed by atoms with E-state index in [1.165, 1.54) is 16.6 Å². The van der Waals surface area contributed by atoms with E-state index in [0.29, 0.717) is 25.1 Å². The van der Waals surface area contributed by atoms with Gasteiger partial charge in [-0.3, -0.25) is 19.2 Å². The van der Waals surface area contributed by atoms with Crippen LogP contribution in [0, 0.1) is 5.92 Å². The summed E-state index contributed by atoms with van der Waals surface area (Å²) in [6.07, 6.45) is 10.7. The number of benzene rings is 1. The summed E-state index contributed by atoms with van der Waals surface area (Å²) >= 11 is 0. The van der Waals surface area contributed by atoms with Gasteiger partial charge in [-0.25, -0.2) is 4.79 Å². The molecule has 6 rings (SSSR count). The highest BCUT2D eigenvalue weighted by Crippen LogP contribution is 2.46. The monoisotopic (exact) mass is 631 g/mol. The highest BCUT2D eigenvalue weighted by Gasteiger charge is 2.61. The van der Waals surface area contributed by atoms with Crippen molar-refractivity contribution in [2.24, 2.45) is 5.92 Å². The van der Waals surface area contributed by atoms with Crippen molar-refractivity contribution in [1.29, 1.82) is 0 Å². The number of nitrogens with one attached hydrogen (secondary N) is 2. The van der Waals surface area contributed by atoms with E-state index in [9.17, 15) is 24.0 Å². The lowest BCUT2D eigenvalue weighted by atomic mass is 10.0. The van der Waals surface area contributed by atoms with Gasteiger partial charge in [0.05, 0.1) is 6.04 Å². The predicted octanol–water partition coefficient (Wildman–Crippen LogP) is 3.07. The minimum Gasteiger partial charge on any atom is -0.446 e. The lowest BCUT2D eigenvalue weighted by Gasteiger charge is -2.30. The SMILES string of the molecule is CC(=O)C(=O)[C@@]12C[C@@H]1/C=C\CCCCC[C@H](NC(=O)OC1CCCC1)C(=O)N1C[C@H](n3nnc(-c4ccccc4)n3)C[C@H]1C(=O)N2. The molecule has 3 amide bonds. The molecular formula is C33H41N7O6. The van der Waals surface area contributed by atoms with Crippen molar-refractivity contribution < 1.29 is 28.7 Å². The summed E-state index contributed by atoms with van der Waals surface area (Å²) < 4.78 is 5.63. The average Bonchev–Trinajstić information content (AvgIpc) is 3.53. The molecule has 46 heavy (non-hydrogen) atoms. The Labute approximate surface area is 267 Å². The maximum absolute atomic E-state index is 14.3. The average molecular weight is 632 g/mol. The van der Waals surface area contributed by atoms with Crippen LogP contribution in [-0.2, 0) is 23.9 Å². The molecule has 1 aromatic heterocycles. The van der Waals surface area contributed by atoms with Crippen LogP contribution >= 0.6 is 0 Å². The Morgan fingerprint density at radius 3 is 2.54 bits per heavy atom. The molecule has 2 aromatic rings. The topological polar surface area (TPSA) is 165 Å². The molecule has 1 saturated heterocycles. The van der Waals surface area contributed by atoms with Crippen LogP contribution in [-0.4, -0.2) is 84.9 Å². The normalized spacial score (nSPS) is 29.5. The number of ketones is 2. The first kappa shape index (κ1) is 31.6. The summed E-state index contributed by atoms with van der Waals surface area (Å²) in [6.45, 7) is 1.30. The Bertz CT molecular complexity index is 1500. The molecule has 2 aliphatic heterocycles. The van der Waals surface area contributed by atoms with Crippen LogP contribution in [0.5, 0.6) is 0 Å². The van der Waals surface area contributed by atoms with Crippen molar-refractivity contribution in [2.45, 2.75) is 107 Å². The molecule has 2 aliphatic carbocycles. The first-order chi connectivity index (χ1) is 22.2. The van der Waals surface area contributed by atoms with Crippen LogP contribution < -0.4 is 10.6 Å². The summed E-state index contributed by atoms with van der Waals surface area (Å²) in [4.78, 5) is 69.5. The summed E-state index contributed by atoms with van der Waals surface area (Å²) in [5, 5.41) is 18.7. The highest BCUT2D eigenvalue weighted by molar-refractivity contribution is 6.41. The molecule has 0 unspecified atom stereocenters. The molecule has 0 bridgehead atoms. The van der Waals surface area contributed by atoms with E-state index >= 15 is 0 Å². The van der Waals surface area contributed by atoms with Gasteiger partial charge >= 0.3 is 6.09 Å². The van der Waals surface area contributed by atoms with Gasteiger partial charge < -0.3 is 20.3 Å². The van der Waals surface area contributed by atoms with E-state index in [1.54, 1.807) is 0 Å². The number of Topliss-reactive ketones (excluding diaryl/α,β-unsaturated/α-hetero) is 2. The zero-order chi connectivity index (χ0) is 32.3. The number of aromatic nitrogens is 4. The molecule has 13 nitrogen and oxygen atoms in total. The number of amides is 3. The number of carbonyl (C=O) groups excluding carboxylic acids is 5. The second kappa shape index (κ2) is 13.5. The minimum absolute atomic E-state index is 0.0916. The van der Waals surface area contributed by atoms with E-state index in [0.717, 1.165) is 50.5 Å². The molecule has 0 radical (unpaired) electrons. The molecule has 2 saturated carbocycles. The molecule has 3 heterocycles. The van der Waals surface area contributed by atoms with Gasteiger partial charge in [0.25, 0.3) is 0 Å². The quantitative estimate of drug-likeness (QED) is 0.360. The van der Waals surface area contributed by atoms with Gasteiger partial charge in [-0.15, -0.1) is 10.2 Å². The third kappa shape index (κ3) is 6.73. The number of alkyl carbamates (subject to hydrolysis) is 1. The van der Waals surface area contributed by atoms with Crippen LogP contribution in [0.4, 0.5) is 4.79 Å². The van der Waals surface area contributed by atoms with Gasteiger partial charge in [-0.05, 0) is 56.6 Å². The Balaban J connectivity index is 1.29. The fraction of sp³-hybridized carbons (Fsp3) is 0.576. The minimum atomic E-state index is -1.33. The second-order valence-corrected chi connectivity index (χ2v) is 12.9. The van der Waals surface area contributed by atoms with Crippen LogP contribution in [0.2, 0.25) is 0 Å². The summed E-state index contributed by atoms with van der Waals surface area (Å²) in [6, 6.07) is 6.96. The number of hydrogen-bond acceptors (Lipinski definition) is 9. The molecule has 0 spiro atoms. The zero-order valence-corrected chi connectivity index (χ0v) is 26.1. The van der Waals surface area contributed by atoms with E-state index in [1.807, 2.05) is 42.5 Å². The van der Waals surface area contributed by atoms with E-state index < -0.39 is 53.1 Å². The largest absolute Gasteiger partial charge is 0.446 e. The number of fused-ring (bicyclic) bond motifs is 2. The van der Waals surface area contributed by atoms with Gasteiger partial charge in [0.15, 0.2) is 5.78 Å². The van der Waals surface area contributed by atoms with Crippen molar-refractivity contribution >= 4 is 29.5 Å². The smallest absolute Gasteiger partial charge is 0.408 e. The third-order valence-electron chi connectivity index (χ3n) is 9.64. The summed E-state index contributed by atoms with van der Waals surface area (Å²) in [5.74, 6) is -2.12. The van der Waals surface area contributed by atoms with Crippen LogP contribution in [0.3, 0.4) is 0 Å². The Hall–Kier alpha value is -4.42. The summed E-state index contributed by atoms with van der Waals surface area (Å²) in [5.41, 5.74) is -0.556. The number of nitrogens with zero attached hydrogens (tertiary/aromatic N) is 5. The first-order valence-corrected chi connectivity index (χ1v) is 16.4. The molecule has 244 valence electrons. The zero-order valence-electron chi connectivity index (χ0n) is 26.1. The third-order valence-corrected chi connectivity index (χ3v) is 9.64. The van der Waals surface area contributed by atoms with Gasteiger partial charge in [0.2, 0.25) is 23.4 Å². The molecule has 13 heteroatoms.